The zero-order valence-electron chi connectivity index (χ0n) is 52.3. The molecule has 73 heavy (non-hydrogen) atoms. The van der Waals surface area contributed by atoms with Crippen molar-refractivity contribution < 1.29 is 40.9 Å². The summed E-state index contributed by atoms with van der Waals surface area (Å²) in [5, 5.41) is 7.44. The summed E-state index contributed by atoms with van der Waals surface area (Å²) in [5.41, 5.74) is 1.67. The third-order valence-electron chi connectivity index (χ3n) is 13.6. The Morgan fingerprint density at radius 2 is 1.18 bits per heavy atom. The van der Waals surface area contributed by atoms with E-state index >= 15 is 0 Å². The first-order valence-corrected chi connectivity index (χ1v) is 24.3. The number of para-hydroxylation sites is 3. The molecule has 0 atom stereocenters. The zero-order chi connectivity index (χ0) is 59.0. The first-order valence-electron chi connectivity index (χ1n) is 29.8. The van der Waals surface area contributed by atoms with Crippen LogP contribution in [0.3, 0.4) is 0 Å². The van der Waals surface area contributed by atoms with Crippen LogP contribution < -0.4 is 9.64 Å². The summed E-state index contributed by atoms with van der Waals surface area (Å²) in [6.07, 6.45) is -0.00949. The molecule has 1 aliphatic heterocycles. The number of fused-ring (bicyclic) bond motifs is 10. The van der Waals surface area contributed by atoms with Gasteiger partial charge in [-0.2, -0.15) is 12.1 Å². The first kappa shape index (κ1) is 36.6. The molecule has 0 unspecified atom stereocenters. The van der Waals surface area contributed by atoms with Gasteiger partial charge in [0.15, 0.2) is 0 Å². The van der Waals surface area contributed by atoms with Crippen molar-refractivity contribution in [2.24, 2.45) is 5.41 Å². The Morgan fingerprint density at radius 3 is 1.86 bits per heavy atom. The quantitative estimate of drug-likeness (QED) is 0.156. The van der Waals surface area contributed by atoms with Crippen LogP contribution >= 0.6 is 0 Å². The molecule has 0 radical (unpaired) electrons. The Morgan fingerprint density at radius 1 is 0.575 bits per heavy atom. The summed E-state index contributed by atoms with van der Waals surface area (Å²) in [6.45, 7) is 2.97. The predicted octanol–water partition coefficient (Wildman–Crippen LogP) is 18.1. The molecule has 6 heteroatoms. The maximum Gasteiger partial charge on any atom is 0.135 e. The average Bonchev–Trinajstić information content (AvgIpc) is 0.905. The topological polar surface area (TPSA) is 35.2 Å². The van der Waals surface area contributed by atoms with E-state index in [9.17, 15) is 0 Å². The number of ether oxygens (including phenoxy) is 1. The molecular weight excluding hydrogens is 1070 g/mol. The van der Waals surface area contributed by atoms with E-state index in [4.69, 9.17) is 24.8 Å². The van der Waals surface area contributed by atoms with Crippen molar-refractivity contribution in [3.63, 3.8) is 0 Å². The van der Waals surface area contributed by atoms with Crippen molar-refractivity contribution >= 4 is 76.5 Å². The van der Waals surface area contributed by atoms with Gasteiger partial charge in [0, 0.05) is 65.0 Å². The van der Waals surface area contributed by atoms with Crippen LogP contribution in [0, 0.1) is 24.2 Å². The molecule has 11 aromatic rings. The van der Waals surface area contributed by atoms with Crippen molar-refractivity contribution in [1.29, 1.82) is 0 Å². The van der Waals surface area contributed by atoms with E-state index in [1.165, 1.54) is 12.1 Å². The van der Waals surface area contributed by atoms with E-state index in [1.54, 1.807) is 12.3 Å². The molecule has 8 aromatic carbocycles. The van der Waals surface area contributed by atoms with Crippen molar-refractivity contribution in [2.45, 2.75) is 79.3 Å². The minimum absolute atomic E-state index is 0. The fourth-order valence-electron chi connectivity index (χ4n) is 10.4. The molecule has 0 aliphatic carbocycles. The summed E-state index contributed by atoms with van der Waals surface area (Å²) in [6, 6.07) is 61.5. The molecule has 0 spiro atoms. The fourth-order valence-corrected chi connectivity index (χ4v) is 10.4. The number of aromatic nitrogens is 3. The van der Waals surface area contributed by atoms with Gasteiger partial charge >= 0.3 is 0 Å². The van der Waals surface area contributed by atoms with Gasteiger partial charge in [-0.1, -0.05) is 189 Å². The second kappa shape index (κ2) is 18.0. The summed E-state index contributed by atoms with van der Waals surface area (Å²) in [7, 11) is 0. The third-order valence-corrected chi connectivity index (χ3v) is 13.6. The van der Waals surface area contributed by atoms with Crippen molar-refractivity contribution in [2.75, 3.05) is 4.90 Å². The Bertz CT molecular complexity index is 4470. The van der Waals surface area contributed by atoms with Gasteiger partial charge in [-0.15, -0.1) is 35.7 Å². The average molecular weight is 1140 g/mol. The SMILES string of the molecule is [2H]C([2H])([2H])C(c1cc(-c2cccc3c4ccccc4c4ccccc4c4cccc5c4n(c23)[CH-]N5c2[c-]c(Oc3[c-]c4c(cc3)c3ccccc3n4-c3cc(C([2H])([2H])C(C)(C)C)ccn3)ccc2)cc(C(C)(C)C)c1)(C([2H])([2H])[2H])C([2H])([2H])[2H].[Pt]. The van der Waals surface area contributed by atoms with Crippen LogP contribution in [0.25, 0.3) is 82.1 Å². The number of pyridine rings is 1. The second-order valence-electron chi connectivity index (χ2n) is 20.8. The summed E-state index contributed by atoms with van der Waals surface area (Å²) < 4.78 is 108. The normalized spacial score (nSPS) is 15.7. The van der Waals surface area contributed by atoms with Gasteiger partial charge in [0.1, 0.15) is 5.82 Å². The number of nitrogens with zero attached hydrogens (tertiary/aromatic N) is 4. The standard InChI is InChI=1S/C67H59N4O.Pt/c1-65(2,3)41-43-33-34-68-62(35-43)71-59-29-15-14-25-55(59)56-32-31-49(40-61(56)71)72-48-20-16-19-47(39-48)69-42-70-63-50(44-36-45(66(4,5)6)38-46(37-44)67(7,8)9)26-17-27-57(63)53-23-12-10-21-51(53)52-22-11-13-24-54(52)58-28-18-30-60(69)64(58)70;/h10-38,42H,41H2,1-9H3;/q-3;/i4D3,5D3,6D3,41D2;. The predicted molar refractivity (Wildman–Crippen MR) is 303 cm³/mol. The first-order chi connectivity index (χ1) is 39.1. The number of rotatable bonds is 6. The Hall–Kier alpha value is -7.33. The number of anilines is 2. The molecule has 4 heterocycles. The Labute approximate surface area is 459 Å². The van der Waals surface area contributed by atoms with Gasteiger partial charge in [-0.05, 0) is 130 Å². The molecule has 0 N–H and O–H groups in total. The molecule has 3 aromatic heterocycles. The third kappa shape index (κ3) is 8.62. The van der Waals surface area contributed by atoms with Crippen LogP contribution in [0.4, 0.5) is 11.4 Å². The van der Waals surface area contributed by atoms with Crippen molar-refractivity contribution in [3.8, 4) is 28.4 Å². The molecule has 5 nitrogen and oxygen atoms in total. The van der Waals surface area contributed by atoms with E-state index in [2.05, 4.69) is 47.0 Å². The number of hydrogen-bond donors (Lipinski definition) is 0. The fraction of sp³-hybridized carbons (Fsp3) is 0.194. The van der Waals surface area contributed by atoms with Gasteiger partial charge in [-0.25, -0.2) is 4.98 Å². The Kier molecular flexibility index (Phi) is 9.02. The van der Waals surface area contributed by atoms with E-state index in [0.29, 0.717) is 56.3 Å². The van der Waals surface area contributed by atoms with E-state index in [1.807, 2.05) is 179 Å². The van der Waals surface area contributed by atoms with E-state index in [-0.39, 0.29) is 26.6 Å². The molecule has 0 bridgehead atoms. The molecule has 12 rings (SSSR count). The van der Waals surface area contributed by atoms with Crippen LogP contribution in [-0.4, -0.2) is 14.1 Å². The minimum Gasteiger partial charge on any atom is -0.509 e. The van der Waals surface area contributed by atoms with E-state index in [0.717, 1.165) is 59.8 Å². The zero-order valence-corrected chi connectivity index (χ0v) is 43.6. The van der Waals surface area contributed by atoms with Crippen LogP contribution in [0.5, 0.6) is 11.5 Å². The minimum atomic E-state index is -3.49. The molecule has 0 amide bonds. The Balaban J connectivity index is 0.00000736. The van der Waals surface area contributed by atoms with Gasteiger partial charge in [-0.3, -0.25) is 0 Å². The summed E-state index contributed by atoms with van der Waals surface area (Å²) in [5.74, 6) is 1.36. The second-order valence-corrected chi connectivity index (χ2v) is 20.8. The van der Waals surface area contributed by atoms with Gasteiger partial charge in [0.2, 0.25) is 0 Å². The number of benzene rings is 8. The van der Waals surface area contributed by atoms with Crippen LogP contribution in [0.15, 0.2) is 176 Å². The monoisotopic (exact) mass is 1140 g/mol. The molecule has 0 saturated carbocycles. The van der Waals surface area contributed by atoms with Gasteiger partial charge in [0.25, 0.3) is 0 Å². The molecule has 0 saturated heterocycles. The molecule has 1 aliphatic rings. The van der Waals surface area contributed by atoms with Crippen LogP contribution in [-0.2, 0) is 38.3 Å². The summed E-state index contributed by atoms with van der Waals surface area (Å²) in [4.78, 5) is 6.82. The van der Waals surface area contributed by atoms with Crippen LogP contribution in [0.1, 0.15) is 93.9 Å². The van der Waals surface area contributed by atoms with Gasteiger partial charge in [0.05, 0.1) is 0 Å². The molecule has 0 fully saturated rings. The molecule has 366 valence electrons. The maximum absolute atomic E-state index is 9.09. The van der Waals surface area contributed by atoms with Crippen molar-refractivity contribution in [3.05, 3.63) is 212 Å². The van der Waals surface area contributed by atoms with Gasteiger partial charge < -0.3 is 18.8 Å². The maximum atomic E-state index is 9.09. The number of hydrogen-bond acceptors (Lipinski definition) is 3. The summed E-state index contributed by atoms with van der Waals surface area (Å²) >= 11 is 0. The molecular formula is C67H59N4OPt-3. The van der Waals surface area contributed by atoms with Crippen LogP contribution in [0.2, 0.25) is 0 Å². The van der Waals surface area contributed by atoms with Crippen molar-refractivity contribution in [1.82, 2.24) is 14.1 Å². The smallest absolute Gasteiger partial charge is 0.135 e. The largest absolute Gasteiger partial charge is 0.509 e. The van der Waals surface area contributed by atoms with E-state index < -0.39 is 43.2 Å².